The van der Waals surface area contributed by atoms with Crippen LogP contribution in [0, 0.1) is 0 Å². The van der Waals surface area contributed by atoms with Crippen LogP contribution in [0.5, 0.6) is 0 Å². The van der Waals surface area contributed by atoms with E-state index in [0.717, 1.165) is 11.8 Å². The summed E-state index contributed by atoms with van der Waals surface area (Å²) < 4.78 is 0. The fourth-order valence-electron chi connectivity index (χ4n) is 1.90. The number of carbonyl (C=O) groups is 1. The summed E-state index contributed by atoms with van der Waals surface area (Å²) in [7, 11) is 0. The Hall–Kier alpha value is -2.67. The van der Waals surface area contributed by atoms with E-state index in [2.05, 4.69) is 10.3 Å². The van der Waals surface area contributed by atoms with Gasteiger partial charge in [-0.15, -0.1) is 0 Å². The molecule has 21 heavy (non-hydrogen) atoms. The summed E-state index contributed by atoms with van der Waals surface area (Å²) in [5.74, 6) is -0.650. The van der Waals surface area contributed by atoms with E-state index in [0.29, 0.717) is 6.42 Å². The quantitative estimate of drug-likeness (QED) is 0.588. The van der Waals surface area contributed by atoms with E-state index in [1.165, 1.54) is 0 Å². The number of aromatic nitrogens is 2. The van der Waals surface area contributed by atoms with Crippen molar-refractivity contribution in [2.24, 2.45) is 0 Å². The first-order chi connectivity index (χ1) is 10.1. The molecule has 0 aliphatic carbocycles. The topological polar surface area (TPSA) is 115 Å². The third kappa shape index (κ3) is 3.90. The summed E-state index contributed by atoms with van der Waals surface area (Å²) in [6, 6.07) is 8.82. The summed E-state index contributed by atoms with van der Waals surface area (Å²) in [5, 5.41) is 11.9. The molecule has 0 fully saturated rings. The Morgan fingerprint density at radius 1 is 1.24 bits per heavy atom. The van der Waals surface area contributed by atoms with Gasteiger partial charge in [0.2, 0.25) is 0 Å². The van der Waals surface area contributed by atoms with Crippen LogP contribution in [0.3, 0.4) is 0 Å². The van der Waals surface area contributed by atoms with E-state index in [1.807, 2.05) is 35.3 Å². The second-order valence-electron chi connectivity index (χ2n) is 4.53. The monoisotopic (exact) mass is 289 g/mol. The van der Waals surface area contributed by atoms with Crippen molar-refractivity contribution < 1.29 is 9.90 Å². The first kappa shape index (κ1) is 14.7. The van der Waals surface area contributed by atoms with Crippen LogP contribution in [-0.4, -0.2) is 33.6 Å². The van der Waals surface area contributed by atoms with Gasteiger partial charge < -0.3 is 15.4 Å². The third-order valence-corrected chi connectivity index (χ3v) is 2.94. The zero-order valence-corrected chi connectivity index (χ0v) is 11.1. The molecule has 2 aromatic rings. The number of hydrogen-bond donors (Lipinski definition) is 4. The van der Waals surface area contributed by atoms with Gasteiger partial charge in [0.05, 0.1) is 12.6 Å². The number of carbonyl (C=O) groups excluding carboxylic acids is 1. The molecule has 7 heteroatoms. The van der Waals surface area contributed by atoms with E-state index in [-0.39, 0.29) is 12.2 Å². The Bertz CT molecular complexity index is 721. The molecule has 2 rings (SSSR count). The highest BCUT2D eigenvalue weighted by Crippen LogP contribution is 2.03. The van der Waals surface area contributed by atoms with Gasteiger partial charge in [-0.05, 0) is 12.0 Å². The molecule has 0 spiro atoms. The predicted molar refractivity (Wildman–Crippen MR) is 76.2 cm³/mol. The van der Waals surface area contributed by atoms with Gasteiger partial charge >= 0.3 is 5.69 Å². The van der Waals surface area contributed by atoms with Gasteiger partial charge in [-0.25, -0.2) is 4.79 Å². The Kier molecular flexibility index (Phi) is 4.68. The Morgan fingerprint density at radius 2 is 1.95 bits per heavy atom. The maximum absolute atomic E-state index is 12.0. The zero-order valence-electron chi connectivity index (χ0n) is 11.1. The third-order valence-electron chi connectivity index (χ3n) is 2.94. The molecular weight excluding hydrogens is 274 g/mol. The van der Waals surface area contributed by atoms with Crippen LogP contribution in [0.2, 0.25) is 0 Å². The minimum absolute atomic E-state index is 0.207. The van der Waals surface area contributed by atoms with Crippen LogP contribution in [0.4, 0.5) is 0 Å². The lowest BCUT2D eigenvalue weighted by molar-refractivity contribution is 0.0914. The van der Waals surface area contributed by atoms with Crippen molar-refractivity contribution in [3.05, 3.63) is 68.5 Å². The van der Waals surface area contributed by atoms with Crippen LogP contribution in [0.1, 0.15) is 15.9 Å². The van der Waals surface area contributed by atoms with Crippen molar-refractivity contribution >= 4 is 5.91 Å². The maximum Gasteiger partial charge on any atom is 0.325 e. The summed E-state index contributed by atoms with van der Waals surface area (Å²) in [5.41, 5.74) is -0.708. The Labute approximate surface area is 119 Å². The van der Waals surface area contributed by atoms with E-state index in [4.69, 9.17) is 0 Å². The number of aliphatic hydroxyl groups excluding tert-OH is 1. The van der Waals surface area contributed by atoms with Crippen molar-refractivity contribution in [3.63, 3.8) is 0 Å². The van der Waals surface area contributed by atoms with Crippen molar-refractivity contribution in [1.29, 1.82) is 0 Å². The number of rotatable bonds is 5. The van der Waals surface area contributed by atoms with Gasteiger partial charge in [0.1, 0.15) is 5.56 Å². The van der Waals surface area contributed by atoms with Gasteiger partial charge in [0, 0.05) is 6.20 Å². The lowest BCUT2D eigenvalue weighted by atomic mass is 10.1. The highest BCUT2D eigenvalue weighted by Gasteiger charge is 2.16. The van der Waals surface area contributed by atoms with Crippen LogP contribution in [-0.2, 0) is 6.42 Å². The lowest BCUT2D eigenvalue weighted by Crippen LogP contribution is -2.42. The van der Waals surface area contributed by atoms with Crippen LogP contribution < -0.4 is 16.6 Å². The average Bonchev–Trinajstić information content (AvgIpc) is 2.47. The summed E-state index contributed by atoms with van der Waals surface area (Å²) in [6.45, 7) is -0.262. The molecule has 0 aliphatic heterocycles. The summed E-state index contributed by atoms with van der Waals surface area (Å²) in [6.07, 6.45) is 1.48. The molecule has 0 bridgehead atoms. The SMILES string of the molecule is O=C(N[C@@H](CO)Cc1ccccc1)c1c[nH]c(=O)[nH]c1=O. The van der Waals surface area contributed by atoms with Gasteiger partial charge in [-0.1, -0.05) is 30.3 Å². The van der Waals surface area contributed by atoms with E-state index >= 15 is 0 Å². The van der Waals surface area contributed by atoms with Gasteiger partial charge in [-0.3, -0.25) is 14.6 Å². The first-order valence-corrected chi connectivity index (χ1v) is 6.38. The zero-order chi connectivity index (χ0) is 15.2. The fourth-order valence-corrected chi connectivity index (χ4v) is 1.90. The number of nitrogens with one attached hydrogen (secondary N) is 3. The number of amides is 1. The molecule has 1 aromatic carbocycles. The standard InChI is InChI=1S/C14H15N3O4/c18-8-10(6-9-4-2-1-3-5-9)16-12(19)11-7-15-14(21)17-13(11)20/h1-5,7,10,18H,6,8H2,(H,16,19)(H2,15,17,20,21)/t10-/m1/s1. The minimum Gasteiger partial charge on any atom is -0.394 e. The van der Waals surface area contributed by atoms with Gasteiger partial charge in [0.15, 0.2) is 0 Å². The molecule has 7 nitrogen and oxygen atoms in total. The Balaban J connectivity index is 2.09. The molecule has 0 aliphatic rings. The van der Waals surface area contributed by atoms with Gasteiger partial charge in [0.25, 0.3) is 11.5 Å². The average molecular weight is 289 g/mol. The van der Waals surface area contributed by atoms with Crippen LogP contribution in [0.25, 0.3) is 0 Å². The minimum atomic E-state index is -0.771. The smallest absolute Gasteiger partial charge is 0.325 e. The normalized spacial score (nSPS) is 11.9. The number of H-pyrrole nitrogens is 2. The molecule has 1 aromatic heterocycles. The largest absolute Gasteiger partial charge is 0.394 e. The lowest BCUT2D eigenvalue weighted by Gasteiger charge is -2.16. The van der Waals surface area contributed by atoms with Crippen molar-refractivity contribution in [2.75, 3.05) is 6.61 Å². The van der Waals surface area contributed by atoms with Crippen LogP contribution >= 0.6 is 0 Å². The van der Waals surface area contributed by atoms with Crippen LogP contribution in [0.15, 0.2) is 46.1 Å². The fraction of sp³-hybridized carbons (Fsp3) is 0.214. The number of benzene rings is 1. The first-order valence-electron chi connectivity index (χ1n) is 6.38. The van der Waals surface area contributed by atoms with E-state index < -0.39 is 23.2 Å². The number of aliphatic hydroxyl groups is 1. The van der Waals surface area contributed by atoms with E-state index in [9.17, 15) is 19.5 Å². The molecule has 0 radical (unpaired) electrons. The second kappa shape index (κ2) is 6.67. The molecule has 1 heterocycles. The maximum atomic E-state index is 12.0. The Morgan fingerprint density at radius 3 is 2.57 bits per heavy atom. The highest BCUT2D eigenvalue weighted by molar-refractivity contribution is 5.93. The molecule has 0 saturated carbocycles. The molecule has 4 N–H and O–H groups in total. The summed E-state index contributed by atoms with van der Waals surface area (Å²) >= 11 is 0. The van der Waals surface area contributed by atoms with Crippen molar-refractivity contribution in [3.8, 4) is 0 Å². The van der Waals surface area contributed by atoms with E-state index in [1.54, 1.807) is 0 Å². The molecule has 110 valence electrons. The van der Waals surface area contributed by atoms with Crippen molar-refractivity contribution in [2.45, 2.75) is 12.5 Å². The molecule has 1 amide bonds. The summed E-state index contributed by atoms with van der Waals surface area (Å²) in [4.78, 5) is 38.6. The molecule has 0 saturated heterocycles. The number of hydrogen-bond acceptors (Lipinski definition) is 4. The van der Waals surface area contributed by atoms with Crippen molar-refractivity contribution in [1.82, 2.24) is 15.3 Å². The molecule has 0 unspecified atom stereocenters. The van der Waals surface area contributed by atoms with Gasteiger partial charge in [-0.2, -0.15) is 0 Å². The number of aromatic amines is 2. The molecule has 1 atom stereocenters. The molecular formula is C14H15N3O4. The second-order valence-corrected chi connectivity index (χ2v) is 4.53. The predicted octanol–water partition coefficient (Wildman–Crippen LogP) is -0.603. The highest BCUT2D eigenvalue weighted by atomic mass is 16.3.